The Kier molecular flexibility index (Phi) is 6.32. The number of rotatable bonds is 7. The van der Waals surface area contributed by atoms with E-state index in [1.54, 1.807) is 11.3 Å². The molecule has 0 saturated heterocycles. The number of aryl methyl sites for hydroxylation is 1. The fourth-order valence-corrected chi connectivity index (χ4v) is 2.88. The smallest absolute Gasteiger partial charge is 0.0304 e. The topological polar surface area (TPSA) is 38.0 Å². The Morgan fingerprint density at radius 1 is 1.53 bits per heavy atom. The molecule has 0 radical (unpaired) electrons. The Morgan fingerprint density at radius 2 is 2.33 bits per heavy atom. The molecule has 1 atom stereocenters. The summed E-state index contributed by atoms with van der Waals surface area (Å²) in [7, 11) is 0. The highest BCUT2D eigenvalue weighted by Crippen LogP contribution is 2.14. The van der Waals surface area contributed by atoms with Gasteiger partial charge < -0.3 is 0 Å². The lowest BCUT2D eigenvalue weighted by Gasteiger charge is -2.16. The molecule has 1 heterocycles. The van der Waals surface area contributed by atoms with Gasteiger partial charge in [-0.2, -0.15) is 23.1 Å². The van der Waals surface area contributed by atoms with Gasteiger partial charge in [0.25, 0.3) is 0 Å². The molecule has 0 bridgehead atoms. The first kappa shape index (κ1) is 13.0. The fourth-order valence-electron chi connectivity index (χ4n) is 1.30. The largest absolute Gasteiger partial charge is 0.271 e. The molecule has 0 aliphatic rings. The lowest BCUT2D eigenvalue weighted by Crippen LogP contribution is -2.37. The van der Waals surface area contributed by atoms with Crippen LogP contribution in [0.25, 0.3) is 0 Å². The summed E-state index contributed by atoms with van der Waals surface area (Å²) in [5.74, 6) is 6.63. The third-order valence-corrected chi connectivity index (χ3v) is 4.22. The van der Waals surface area contributed by atoms with Crippen LogP contribution in [0.4, 0.5) is 0 Å². The number of thioether (sulfide) groups is 1. The molecule has 3 N–H and O–H groups in total. The zero-order chi connectivity index (χ0) is 11.1. The second-order valence-electron chi connectivity index (χ2n) is 3.92. The van der Waals surface area contributed by atoms with Gasteiger partial charge in [0.05, 0.1) is 0 Å². The predicted molar refractivity (Wildman–Crippen MR) is 71.3 cm³/mol. The molecular weight excluding hydrogens is 224 g/mol. The Balaban J connectivity index is 2.22. The first-order valence-electron chi connectivity index (χ1n) is 5.31. The van der Waals surface area contributed by atoms with Gasteiger partial charge in [0, 0.05) is 11.8 Å². The van der Waals surface area contributed by atoms with Gasteiger partial charge in [-0.05, 0) is 40.5 Å². The van der Waals surface area contributed by atoms with Gasteiger partial charge in [-0.1, -0.05) is 13.8 Å². The Bertz CT molecular complexity index is 247. The van der Waals surface area contributed by atoms with Gasteiger partial charge in [0.1, 0.15) is 0 Å². The molecule has 0 aromatic carbocycles. The molecule has 1 rings (SSSR count). The molecule has 0 aliphatic heterocycles. The number of hydrogen-bond acceptors (Lipinski definition) is 4. The van der Waals surface area contributed by atoms with Crippen molar-refractivity contribution in [2.24, 2.45) is 5.84 Å². The van der Waals surface area contributed by atoms with Crippen molar-refractivity contribution in [1.82, 2.24) is 5.43 Å². The van der Waals surface area contributed by atoms with E-state index in [1.165, 1.54) is 5.56 Å². The standard InChI is InChI=1S/C11H20N2S2/c1-9(2)15-8-11(13-12)4-3-10-5-6-14-7-10/h5-7,9,11,13H,3-4,8,12H2,1-2H3. The molecule has 0 fully saturated rings. The van der Waals surface area contributed by atoms with Crippen molar-refractivity contribution in [3.8, 4) is 0 Å². The van der Waals surface area contributed by atoms with E-state index >= 15 is 0 Å². The summed E-state index contributed by atoms with van der Waals surface area (Å²) in [6, 6.07) is 2.62. The molecule has 1 aromatic rings. The average Bonchev–Trinajstić information content (AvgIpc) is 2.70. The van der Waals surface area contributed by atoms with Crippen molar-refractivity contribution in [2.75, 3.05) is 5.75 Å². The van der Waals surface area contributed by atoms with Gasteiger partial charge in [-0.25, -0.2) is 0 Å². The van der Waals surface area contributed by atoms with Gasteiger partial charge in [-0.3, -0.25) is 11.3 Å². The number of hydrazine groups is 1. The van der Waals surface area contributed by atoms with Crippen LogP contribution in [0, 0.1) is 0 Å². The molecule has 0 amide bonds. The van der Waals surface area contributed by atoms with Crippen LogP contribution in [0.2, 0.25) is 0 Å². The van der Waals surface area contributed by atoms with E-state index in [0.717, 1.165) is 18.6 Å². The highest BCUT2D eigenvalue weighted by Gasteiger charge is 2.08. The van der Waals surface area contributed by atoms with Gasteiger partial charge in [0.2, 0.25) is 0 Å². The number of hydrogen-bond donors (Lipinski definition) is 2. The molecule has 86 valence electrons. The van der Waals surface area contributed by atoms with Crippen LogP contribution in [0.3, 0.4) is 0 Å². The first-order valence-corrected chi connectivity index (χ1v) is 7.30. The normalized spacial score (nSPS) is 13.3. The Hall–Kier alpha value is -0.0300. The zero-order valence-electron chi connectivity index (χ0n) is 9.40. The molecule has 1 aromatic heterocycles. The highest BCUT2D eigenvalue weighted by molar-refractivity contribution is 7.99. The van der Waals surface area contributed by atoms with Crippen molar-refractivity contribution in [3.05, 3.63) is 22.4 Å². The summed E-state index contributed by atoms with van der Waals surface area (Å²) in [5.41, 5.74) is 4.33. The minimum absolute atomic E-state index is 0.428. The van der Waals surface area contributed by atoms with Crippen LogP contribution < -0.4 is 11.3 Å². The summed E-state index contributed by atoms with van der Waals surface area (Å²) in [6.45, 7) is 4.44. The van der Waals surface area contributed by atoms with Crippen LogP contribution in [0.15, 0.2) is 16.8 Å². The van der Waals surface area contributed by atoms with E-state index in [9.17, 15) is 0 Å². The monoisotopic (exact) mass is 244 g/mol. The minimum atomic E-state index is 0.428. The molecule has 1 unspecified atom stereocenters. The zero-order valence-corrected chi connectivity index (χ0v) is 11.0. The summed E-state index contributed by atoms with van der Waals surface area (Å²) in [4.78, 5) is 0. The third kappa shape index (κ3) is 5.56. The average molecular weight is 244 g/mol. The quantitative estimate of drug-likeness (QED) is 0.572. The minimum Gasteiger partial charge on any atom is -0.271 e. The summed E-state index contributed by atoms with van der Waals surface area (Å²) >= 11 is 3.72. The van der Waals surface area contributed by atoms with Crippen molar-refractivity contribution in [1.29, 1.82) is 0 Å². The molecule has 0 aliphatic carbocycles. The van der Waals surface area contributed by atoms with E-state index in [-0.39, 0.29) is 0 Å². The van der Waals surface area contributed by atoms with Crippen molar-refractivity contribution < 1.29 is 0 Å². The van der Waals surface area contributed by atoms with Crippen LogP contribution in [-0.4, -0.2) is 17.0 Å². The second-order valence-corrected chi connectivity index (χ2v) is 6.31. The molecule has 0 spiro atoms. The highest BCUT2D eigenvalue weighted by atomic mass is 32.2. The maximum atomic E-state index is 5.54. The van der Waals surface area contributed by atoms with Gasteiger partial charge in [-0.15, -0.1) is 0 Å². The van der Waals surface area contributed by atoms with Crippen LogP contribution >= 0.6 is 23.1 Å². The SMILES string of the molecule is CC(C)SCC(CCc1ccsc1)NN. The number of nitrogens with two attached hydrogens (primary N) is 1. The molecule has 2 nitrogen and oxygen atoms in total. The molecular formula is C11H20N2S2. The second kappa shape index (κ2) is 7.28. The fraction of sp³-hybridized carbons (Fsp3) is 0.636. The predicted octanol–water partition coefficient (Wildman–Crippen LogP) is 2.65. The molecule has 0 saturated carbocycles. The van der Waals surface area contributed by atoms with Crippen LogP contribution in [0.5, 0.6) is 0 Å². The summed E-state index contributed by atoms with van der Waals surface area (Å²) in [6.07, 6.45) is 2.24. The van der Waals surface area contributed by atoms with Crippen LogP contribution in [-0.2, 0) is 6.42 Å². The van der Waals surface area contributed by atoms with E-state index in [2.05, 4.69) is 36.1 Å². The summed E-state index contributed by atoms with van der Waals surface area (Å²) < 4.78 is 0. The first-order chi connectivity index (χ1) is 7.22. The summed E-state index contributed by atoms with van der Waals surface area (Å²) in [5, 5.41) is 5.02. The van der Waals surface area contributed by atoms with Gasteiger partial charge >= 0.3 is 0 Å². The lowest BCUT2D eigenvalue weighted by atomic mass is 10.1. The molecule has 4 heteroatoms. The van der Waals surface area contributed by atoms with Crippen LogP contribution in [0.1, 0.15) is 25.8 Å². The maximum absolute atomic E-state index is 5.54. The van der Waals surface area contributed by atoms with E-state index in [0.29, 0.717) is 11.3 Å². The Labute approximate surface area is 101 Å². The number of nitrogens with one attached hydrogen (secondary N) is 1. The third-order valence-electron chi connectivity index (χ3n) is 2.23. The lowest BCUT2D eigenvalue weighted by molar-refractivity contribution is 0.539. The van der Waals surface area contributed by atoms with Gasteiger partial charge in [0.15, 0.2) is 0 Å². The number of thiophene rings is 1. The van der Waals surface area contributed by atoms with Crippen molar-refractivity contribution in [3.63, 3.8) is 0 Å². The van der Waals surface area contributed by atoms with E-state index in [4.69, 9.17) is 5.84 Å². The van der Waals surface area contributed by atoms with Crippen molar-refractivity contribution in [2.45, 2.75) is 38.0 Å². The van der Waals surface area contributed by atoms with E-state index in [1.807, 2.05) is 11.8 Å². The van der Waals surface area contributed by atoms with E-state index < -0.39 is 0 Å². The molecule has 15 heavy (non-hydrogen) atoms. The van der Waals surface area contributed by atoms with Crippen molar-refractivity contribution >= 4 is 23.1 Å². The maximum Gasteiger partial charge on any atom is 0.0304 e. The Morgan fingerprint density at radius 3 is 2.87 bits per heavy atom.